The van der Waals surface area contributed by atoms with Crippen molar-refractivity contribution in [2.45, 2.75) is 26.5 Å². The summed E-state index contributed by atoms with van der Waals surface area (Å²) in [7, 11) is 0. The third-order valence-electron chi connectivity index (χ3n) is 4.41. The molecule has 0 radical (unpaired) electrons. The molecule has 0 atom stereocenters. The van der Waals surface area contributed by atoms with Crippen molar-refractivity contribution in [1.29, 1.82) is 0 Å². The Morgan fingerprint density at radius 1 is 1.07 bits per heavy atom. The van der Waals surface area contributed by atoms with Crippen molar-refractivity contribution in [3.63, 3.8) is 0 Å². The summed E-state index contributed by atoms with van der Waals surface area (Å²) in [4.78, 5) is 24.1. The first-order chi connectivity index (χ1) is 12.8. The Bertz CT molecular complexity index is 1070. The summed E-state index contributed by atoms with van der Waals surface area (Å²) >= 11 is 7.44. The summed E-state index contributed by atoms with van der Waals surface area (Å²) in [6.45, 7) is 5.93. The van der Waals surface area contributed by atoms with Gasteiger partial charge in [0.2, 0.25) is 5.91 Å². The molecular formula is C21H20ClNO3S. The SMILES string of the molecule is Cc1cc2oc(=O)cc(CSCC(=O)Nc3cc(Cl)ccc3C)c2cc1C. The van der Waals surface area contributed by atoms with Crippen LogP contribution in [-0.4, -0.2) is 11.7 Å². The lowest BCUT2D eigenvalue weighted by atomic mass is 10.0. The summed E-state index contributed by atoms with van der Waals surface area (Å²) in [5.41, 5.74) is 4.96. The Balaban J connectivity index is 1.70. The van der Waals surface area contributed by atoms with Crippen LogP contribution in [0.25, 0.3) is 11.0 Å². The van der Waals surface area contributed by atoms with E-state index in [4.69, 9.17) is 16.0 Å². The predicted octanol–water partition coefficient (Wildman–Crippen LogP) is 5.24. The number of thioether (sulfide) groups is 1. The van der Waals surface area contributed by atoms with Crippen LogP contribution in [0.3, 0.4) is 0 Å². The van der Waals surface area contributed by atoms with Gasteiger partial charge in [-0.3, -0.25) is 4.79 Å². The van der Waals surface area contributed by atoms with Gasteiger partial charge in [-0.2, -0.15) is 0 Å². The fourth-order valence-corrected chi connectivity index (χ4v) is 3.76. The second kappa shape index (κ2) is 8.19. The van der Waals surface area contributed by atoms with Crippen LogP contribution >= 0.6 is 23.4 Å². The van der Waals surface area contributed by atoms with E-state index in [-0.39, 0.29) is 17.3 Å². The average molecular weight is 402 g/mol. The first kappa shape index (κ1) is 19.5. The van der Waals surface area contributed by atoms with E-state index in [1.807, 2.05) is 39.0 Å². The van der Waals surface area contributed by atoms with Gasteiger partial charge in [0, 0.05) is 27.9 Å². The first-order valence-corrected chi connectivity index (χ1v) is 10.0. The topological polar surface area (TPSA) is 59.3 Å². The molecule has 1 N–H and O–H groups in total. The zero-order chi connectivity index (χ0) is 19.6. The summed E-state index contributed by atoms with van der Waals surface area (Å²) in [6, 6.07) is 10.8. The zero-order valence-corrected chi connectivity index (χ0v) is 17.0. The molecule has 3 rings (SSSR count). The van der Waals surface area contributed by atoms with E-state index >= 15 is 0 Å². The maximum absolute atomic E-state index is 12.2. The number of nitrogens with one attached hydrogen (secondary N) is 1. The normalized spacial score (nSPS) is 11.0. The molecule has 6 heteroatoms. The van der Waals surface area contributed by atoms with E-state index in [0.29, 0.717) is 22.0 Å². The maximum Gasteiger partial charge on any atom is 0.336 e. The number of hydrogen-bond donors (Lipinski definition) is 1. The molecule has 0 fully saturated rings. The van der Waals surface area contributed by atoms with Crippen molar-refractivity contribution in [3.8, 4) is 0 Å². The van der Waals surface area contributed by atoms with Crippen molar-refractivity contribution >= 4 is 45.9 Å². The second-order valence-corrected chi connectivity index (χ2v) is 7.95. The molecule has 0 saturated carbocycles. The molecule has 0 spiro atoms. The van der Waals surface area contributed by atoms with Gasteiger partial charge in [0.1, 0.15) is 5.58 Å². The molecule has 27 heavy (non-hydrogen) atoms. The van der Waals surface area contributed by atoms with E-state index in [9.17, 15) is 9.59 Å². The molecule has 2 aromatic carbocycles. The van der Waals surface area contributed by atoms with Gasteiger partial charge in [0.15, 0.2) is 0 Å². The Kier molecular flexibility index (Phi) is 5.92. The Morgan fingerprint density at radius 3 is 2.59 bits per heavy atom. The monoisotopic (exact) mass is 401 g/mol. The number of rotatable bonds is 5. The standard InChI is InChI=1S/C21H20ClNO3S/c1-12-4-5-16(22)9-18(12)23-20(24)11-27-10-15-8-21(25)26-19-7-14(3)13(2)6-17(15)19/h4-9H,10-11H2,1-3H3,(H,23,24). The maximum atomic E-state index is 12.2. The van der Waals surface area contributed by atoms with E-state index in [1.165, 1.54) is 17.8 Å². The minimum absolute atomic E-state index is 0.107. The molecule has 1 amide bonds. The van der Waals surface area contributed by atoms with Gasteiger partial charge in [0.05, 0.1) is 5.75 Å². The molecular weight excluding hydrogens is 382 g/mol. The van der Waals surface area contributed by atoms with Crippen molar-refractivity contribution in [1.82, 2.24) is 0 Å². The molecule has 0 unspecified atom stereocenters. The fourth-order valence-electron chi connectivity index (χ4n) is 2.77. The van der Waals surface area contributed by atoms with Gasteiger partial charge in [0.25, 0.3) is 0 Å². The predicted molar refractivity (Wildman–Crippen MR) is 113 cm³/mol. The van der Waals surface area contributed by atoms with E-state index in [1.54, 1.807) is 12.1 Å². The number of carbonyl (C=O) groups excluding carboxylic acids is 1. The van der Waals surface area contributed by atoms with Crippen LogP contribution in [0.4, 0.5) is 5.69 Å². The number of benzene rings is 2. The molecule has 1 aromatic heterocycles. The molecule has 4 nitrogen and oxygen atoms in total. The Labute approximate surface area is 166 Å². The van der Waals surface area contributed by atoms with E-state index < -0.39 is 0 Å². The summed E-state index contributed by atoms with van der Waals surface area (Å²) < 4.78 is 5.31. The third kappa shape index (κ3) is 4.73. The van der Waals surface area contributed by atoms with Gasteiger partial charge in [-0.1, -0.05) is 17.7 Å². The quantitative estimate of drug-likeness (QED) is 0.593. The minimum atomic E-state index is -0.375. The van der Waals surface area contributed by atoms with Gasteiger partial charge in [-0.05, 0) is 67.3 Å². The van der Waals surface area contributed by atoms with Gasteiger partial charge >= 0.3 is 5.63 Å². The molecule has 0 aliphatic heterocycles. The van der Waals surface area contributed by atoms with Crippen LogP contribution in [0.2, 0.25) is 5.02 Å². The van der Waals surface area contributed by atoms with Crippen LogP contribution in [0.5, 0.6) is 0 Å². The molecule has 0 saturated heterocycles. The number of amides is 1. The van der Waals surface area contributed by atoms with Crippen LogP contribution < -0.4 is 10.9 Å². The summed E-state index contributed by atoms with van der Waals surface area (Å²) in [6.07, 6.45) is 0. The molecule has 0 aliphatic rings. The largest absolute Gasteiger partial charge is 0.423 e. The molecule has 0 bridgehead atoms. The zero-order valence-electron chi connectivity index (χ0n) is 15.4. The van der Waals surface area contributed by atoms with Gasteiger partial charge in [-0.25, -0.2) is 4.79 Å². The number of hydrogen-bond acceptors (Lipinski definition) is 4. The molecule has 1 heterocycles. The van der Waals surface area contributed by atoms with Crippen molar-refractivity contribution < 1.29 is 9.21 Å². The third-order valence-corrected chi connectivity index (χ3v) is 5.63. The lowest BCUT2D eigenvalue weighted by Gasteiger charge is -2.10. The van der Waals surface area contributed by atoms with Crippen LogP contribution in [0.1, 0.15) is 22.3 Å². The summed E-state index contributed by atoms with van der Waals surface area (Å²) in [5.74, 6) is 0.718. The van der Waals surface area contributed by atoms with Crippen LogP contribution in [0.15, 0.2) is 45.6 Å². The average Bonchev–Trinajstić information content (AvgIpc) is 2.59. The Hall–Kier alpha value is -2.24. The van der Waals surface area contributed by atoms with Crippen LogP contribution in [0, 0.1) is 20.8 Å². The smallest absolute Gasteiger partial charge is 0.336 e. The van der Waals surface area contributed by atoms with Crippen LogP contribution in [-0.2, 0) is 10.5 Å². The lowest BCUT2D eigenvalue weighted by molar-refractivity contribution is -0.113. The number of anilines is 1. The number of fused-ring (bicyclic) bond motifs is 1. The Morgan fingerprint density at radius 2 is 1.81 bits per heavy atom. The number of halogens is 1. The molecule has 140 valence electrons. The fraction of sp³-hybridized carbons (Fsp3) is 0.238. The highest BCUT2D eigenvalue weighted by Crippen LogP contribution is 2.25. The van der Waals surface area contributed by atoms with Crippen molar-refractivity contribution in [3.05, 3.63) is 74.1 Å². The van der Waals surface area contributed by atoms with Gasteiger partial charge < -0.3 is 9.73 Å². The van der Waals surface area contributed by atoms with Crippen molar-refractivity contribution in [2.24, 2.45) is 0 Å². The highest BCUT2D eigenvalue weighted by atomic mass is 35.5. The molecule has 3 aromatic rings. The van der Waals surface area contributed by atoms with Gasteiger partial charge in [-0.15, -0.1) is 11.8 Å². The highest BCUT2D eigenvalue weighted by molar-refractivity contribution is 7.99. The summed E-state index contributed by atoms with van der Waals surface area (Å²) in [5, 5.41) is 4.37. The lowest BCUT2D eigenvalue weighted by Crippen LogP contribution is -2.15. The van der Waals surface area contributed by atoms with E-state index in [2.05, 4.69) is 5.32 Å². The van der Waals surface area contributed by atoms with Crippen molar-refractivity contribution in [2.75, 3.05) is 11.1 Å². The minimum Gasteiger partial charge on any atom is -0.423 e. The molecule has 0 aliphatic carbocycles. The van der Waals surface area contributed by atoms with E-state index in [0.717, 1.165) is 27.6 Å². The highest BCUT2D eigenvalue weighted by Gasteiger charge is 2.10. The number of carbonyl (C=O) groups is 1. The number of aryl methyl sites for hydroxylation is 3. The second-order valence-electron chi connectivity index (χ2n) is 6.52. The first-order valence-electron chi connectivity index (χ1n) is 8.51.